The fourth-order valence-corrected chi connectivity index (χ4v) is 3.59. The molecule has 1 amide bonds. The molecule has 2 aliphatic rings. The molecule has 3 aromatic heterocycles. The summed E-state index contributed by atoms with van der Waals surface area (Å²) in [6.07, 6.45) is 5.63. The quantitative estimate of drug-likeness (QED) is 0.652. The second-order valence-electron chi connectivity index (χ2n) is 7.91. The van der Waals surface area contributed by atoms with Crippen LogP contribution in [-0.2, 0) is 9.53 Å². The Kier molecular flexibility index (Phi) is 5.10. The fourth-order valence-electron chi connectivity index (χ4n) is 3.59. The number of fused-ring (bicyclic) bond motifs is 1. The lowest BCUT2D eigenvalue weighted by Crippen LogP contribution is -2.41. The lowest BCUT2D eigenvalue weighted by molar-refractivity contribution is -0.117. The van der Waals surface area contributed by atoms with Crippen molar-refractivity contribution in [3.05, 3.63) is 42.4 Å². The van der Waals surface area contributed by atoms with Gasteiger partial charge < -0.3 is 20.1 Å². The number of amides is 1. The average molecular weight is 407 g/mol. The van der Waals surface area contributed by atoms with Crippen LogP contribution in [0.5, 0.6) is 5.75 Å². The number of ether oxygens (including phenoxy) is 2. The topological polar surface area (TPSA) is 89.8 Å². The van der Waals surface area contributed by atoms with Crippen LogP contribution in [0.2, 0.25) is 0 Å². The minimum Gasteiger partial charge on any atom is -0.489 e. The summed E-state index contributed by atoms with van der Waals surface area (Å²) in [5, 5.41) is 10.7. The maximum absolute atomic E-state index is 12.0. The molecule has 2 N–H and O–H groups in total. The van der Waals surface area contributed by atoms with Gasteiger partial charge in [0, 0.05) is 42.5 Å². The van der Waals surface area contributed by atoms with Crippen molar-refractivity contribution in [1.29, 1.82) is 0 Å². The summed E-state index contributed by atoms with van der Waals surface area (Å²) in [7, 11) is 0. The van der Waals surface area contributed by atoms with Gasteiger partial charge in [0.1, 0.15) is 18.5 Å². The van der Waals surface area contributed by atoms with Crippen LogP contribution in [-0.4, -0.2) is 52.9 Å². The molecule has 3 aromatic rings. The Morgan fingerprint density at radius 2 is 2.27 bits per heavy atom. The number of hydrogen-bond donors (Lipinski definition) is 2. The van der Waals surface area contributed by atoms with Gasteiger partial charge in [0.15, 0.2) is 5.82 Å². The van der Waals surface area contributed by atoms with Crippen LogP contribution in [0, 0.1) is 12.8 Å². The monoisotopic (exact) mass is 407 g/mol. The van der Waals surface area contributed by atoms with E-state index in [1.54, 1.807) is 10.7 Å². The Balaban J connectivity index is 1.39. The highest BCUT2D eigenvalue weighted by molar-refractivity contribution is 5.93. The highest BCUT2D eigenvalue weighted by atomic mass is 16.5. The third-order valence-electron chi connectivity index (χ3n) is 5.41. The molecule has 1 aliphatic carbocycles. The summed E-state index contributed by atoms with van der Waals surface area (Å²) in [4.78, 5) is 16.4. The molecule has 1 aliphatic heterocycles. The van der Waals surface area contributed by atoms with Crippen molar-refractivity contribution in [3.8, 4) is 16.9 Å². The van der Waals surface area contributed by atoms with E-state index in [9.17, 15) is 4.79 Å². The summed E-state index contributed by atoms with van der Waals surface area (Å²) in [5.41, 5.74) is 3.79. The Morgan fingerprint density at radius 3 is 3.07 bits per heavy atom. The van der Waals surface area contributed by atoms with E-state index in [4.69, 9.17) is 9.47 Å². The van der Waals surface area contributed by atoms with Crippen molar-refractivity contribution >= 4 is 17.2 Å². The first-order valence-electron chi connectivity index (χ1n) is 10.4. The summed E-state index contributed by atoms with van der Waals surface area (Å²) in [6, 6.07) is 7.94. The fraction of sp³-hybridized carbons (Fsp3) is 0.409. The number of rotatable bonds is 6. The average Bonchev–Trinajstić information content (AvgIpc) is 3.54. The lowest BCUT2D eigenvalue weighted by Gasteiger charge is -2.24. The van der Waals surface area contributed by atoms with E-state index in [0.29, 0.717) is 19.0 Å². The van der Waals surface area contributed by atoms with Gasteiger partial charge in [-0.2, -0.15) is 5.10 Å². The molecule has 1 saturated heterocycles. The van der Waals surface area contributed by atoms with E-state index in [0.717, 1.165) is 54.0 Å². The summed E-state index contributed by atoms with van der Waals surface area (Å²) in [6.45, 7) is 4.79. The van der Waals surface area contributed by atoms with Gasteiger partial charge in [0.25, 0.3) is 0 Å². The van der Waals surface area contributed by atoms with Gasteiger partial charge in [0.05, 0.1) is 18.3 Å². The smallest absolute Gasteiger partial charge is 0.228 e. The molecular formula is C22H25N5O3. The van der Waals surface area contributed by atoms with E-state index in [-0.39, 0.29) is 17.9 Å². The first kappa shape index (κ1) is 19.0. The Hall–Kier alpha value is -2.97. The highest BCUT2D eigenvalue weighted by Crippen LogP contribution is 2.32. The largest absolute Gasteiger partial charge is 0.489 e. The number of hydrogen-bond acceptors (Lipinski definition) is 6. The van der Waals surface area contributed by atoms with E-state index in [2.05, 4.69) is 20.7 Å². The standard InChI is InChI=1S/C22H25N5O3/c1-14-8-19(20(12-24-14)30-13-18-11-23-5-7-29-18)16-4-6-27-17(9-16)10-21(26-27)25-22(28)15-2-3-15/h4,6,8-10,12,15,18,23H,2-3,5,7,11,13H2,1H3,(H,25,26,28)/t18-/m0/s1. The molecule has 0 spiro atoms. The van der Waals surface area contributed by atoms with Crippen LogP contribution >= 0.6 is 0 Å². The van der Waals surface area contributed by atoms with Gasteiger partial charge in [-0.05, 0) is 43.5 Å². The Labute approximate surface area is 174 Å². The predicted octanol–water partition coefficient (Wildman–Crippen LogP) is 2.42. The zero-order valence-electron chi connectivity index (χ0n) is 16.9. The molecule has 1 atom stereocenters. The number of carbonyl (C=O) groups excluding carboxylic acids is 1. The zero-order chi connectivity index (χ0) is 20.5. The second kappa shape index (κ2) is 8.04. The molecule has 2 fully saturated rings. The molecule has 0 aromatic carbocycles. The number of anilines is 1. The van der Waals surface area contributed by atoms with Crippen LogP contribution < -0.4 is 15.4 Å². The molecule has 30 heavy (non-hydrogen) atoms. The molecule has 156 valence electrons. The molecule has 4 heterocycles. The minimum atomic E-state index is 0.0304. The first-order valence-corrected chi connectivity index (χ1v) is 10.4. The third kappa shape index (κ3) is 4.15. The van der Waals surface area contributed by atoms with E-state index in [1.807, 2.05) is 37.4 Å². The number of nitrogens with one attached hydrogen (secondary N) is 2. The van der Waals surface area contributed by atoms with Crippen molar-refractivity contribution in [2.45, 2.75) is 25.9 Å². The van der Waals surface area contributed by atoms with Gasteiger partial charge in [-0.15, -0.1) is 0 Å². The van der Waals surface area contributed by atoms with Crippen LogP contribution in [0.25, 0.3) is 16.6 Å². The normalized spacial score (nSPS) is 19.0. The van der Waals surface area contributed by atoms with Gasteiger partial charge in [-0.25, -0.2) is 4.52 Å². The number of aryl methyl sites for hydroxylation is 1. The minimum absolute atomic E-state index is 0.0304. The third-order valence-corrected chi connectivity index (χ3v) is 5.41. The molecule has 1 saturated carbocycles. The van der Waals surface area contributed by atoms with E-state index in [1.165, 1.54) is 0 Å². The van der Waals surface area contributed by atoms with Crippen molar-refractivity contribution in [1.82, 2.24) is 19.9 Å². The van der Waals surface area contributed by atoms with E-state index < -0.39 is 0 Å². The van der Waals surface area contributed by atoms with E-state index >= 15 is 0 Å². The summed E-state index contributed by atoms with van der Waals surface area (Å²) >= 11 is 0. The number of aromatic nitrogens is 3. The summed E-state index contributed by atoms with van der Waals surface area (Å²) in [5.74, 6) is 1.50. The molecule has 0 radical (unpaired) electrons. The number of nitrogens with zero attached hydrogens (tertiary/aromatic N) is 3. The molecule has 0 bridgehead atoms. The van der Waals surface area contributed by atoms with Crippen LogP contribution in [0.3, 0.4) is 0 Å². The summed E-state index contributed by atoms with van der Waals surface area (Å²) < 4.78 is 13.6. The van der Waals surface area contributed by atoms with Crippen LogP contribution in [0.15, 0.2) is 36.7 Å². The molecule has 0 unspecified atom stereocenters. The molecular weight excluding hydrogens is 382 g/mol. The second-order valence-corrected chi connectivity index (χ2v) is 7.91. The van der Waals surface area contributed by atoms with Crippen molar-refractivity contribution in [2.24, 2.45) is 5.92 Å². The Morgan fingerprint density at radius 1 is 1.37 bits per heavy atom. The van der Waals surface area contributed by atoms with Gasteiger partial charge in [-0.1, -0.05) is 0 Å². The van der Waals surface area contributed by atoms with Crippen molar-refractivity contribution in [2.75, 3.05) is 31.6 Å². The van der Waals surface area contributed by atoms with Crippen LogP contribution in [0.4, 0.5) is 5.82 Å². The first-order chi connectivity index (χ1) is 14.7. The highest BCUT2D eigenvalue weighted by Gasteiger charge is 2.30. The number of morpholine rings is 1. The molecule has 8 nitrogen and oxygen atoms in total. The SMILES string of the molecule is Cc1cc(-c2ccn3nc(NC(=O)C4CC4)cc3c2)c(OC[C@@H]2CNCCO2)cn1. The zero-order valence-corrected chi connectivity index (χ0v) is 16.9. The number of pyridine rings is 2. The Bertz CT molecular complexity index is 1070. The molecule has 8 heteroatoms. The van der Waals surface area contributed by atoms with Crippen molar-refractivity contribution in [3.63, 3.8) is 0 Å². The predicted molar refractivity (Wildman–Crippen MR) is 113 cm³/mol. The van der Waals surface area contributed by atoms with Crippen molar-refractivity contribution < 1.29 is 14.3 Å². The van der Waals surface area contributed by atoms with Gasteiger partial charge >= 0.3 is 0 Å². The lowest BCUT2D eigenvalue weighted by atomic mass is 10.1. The maximum atomic E-state index is 12.0. The number of carbonyl (C=O) groups is 1. The maximum Gasteiger partial charge on any atom is 0.228 e. The van der Waals surface area contributed by atoms with Gasteiger partial charge in [-0.3, -0.25) is 9.78 Å². The van der Waals surface area contributed by atoms with Gasteiger partial charge in [0.2, 0.25) is 5.91 Å². The van der Waals surface area contributed by atoms with Crippen LogP contribution in [0.1, 0.15) is 18.5 Å². The molecule has 5 rings (SSSR count).